The van der Waals surface area contributed by atoms with Crippen LogP contribution in [0.3, 0.4) is 0 Å². The van der Waals surface area contributed by atoms with Gasteiger partial charge in [0.15, 0.2) is 0 Å². The molecule has 1 fully saturated rings. The molecule has 1 aromatic heterocycles. The van der Waals surface area contributed by atoms with Crippen molar-refractivity contribution in [2.24, 2.45) is 0 Å². The normalized spacial score (nSPS) is 20.8. The maximum absolute atomic E-state index is 12.5. The molecule has 1 aliphatic rings. The van der Waals surface area contributed by atoms with Crippen molar-refractivity contribution in [3.63, 3.8) is 0 Å². The van der Waals surface area contributed by atoms with Gasteiger partial charge in [0, 0.05) is 18.5 Å². The fraction of sp³-hybridized carbons (Fsp3) is 0.600. The summed E-state index contributed by atoms with van der Waals surface area (Å²) in [6.07, 6.45) is 0.736. The summed E-state index contributed by atoms with van der Waals surface area (Å²) in [5.74, 6) is 0.315. The van der Waals surface area contributed by atoms with Crippen LogP contribution in [0.5, 0.6) is 0 Å². The average Bonchev–Trinajstić information content (AvgIpc) is 2.96. The Morgan fingerprint density at radius 2 is 2.39 bits per heavy atom. The second-order valence-corrected chi connectivity index (χ2v) is 8.71. The molecule has 2 rings (SSSR count). The standard InChI is InChI=1S/C10H13BrClNO3S2/c1-13(7-2-3-16-6-7)18(14,15)9-4-8(5-12)17-10(9)11/h4,7H,2-3,5-6H2,1H3. The number of rotatable bonds is 4. The first kappa shape index (κ1) is 14.7. The van der Waals surface area contributed by atoms with Crippen molar-refractivity contribution in [3.8, 4) is 0 Å². The molecule has 102 valence electrons. The number of ether oxygens (including phenoxy) is 1. The molecule has 1 atom stereocenters. The van der Waals surface area contributed by atoms with E-state index >= 15 is 0 Å². The predicted octanol–water partition coefficient (Wildman–Crippen LogP) is 2.66. The van der Waals surface area contributed by atoms with Gasteiger partial charge in [-0.25, -0.2) is 8.42 Å². The van der Waals surface area contributed by atoms with Crippen LogP contribution in [-0.2, 0) is 20.6 Å². The van der Waals surface area contributed by atoms with Gasteiger partial charge in [-0.2, -0.15) is 4.31 Å². The SMILES string of the molecule is CN(C1CCOC1)S(=O)(=O)c1cc(CCl)sc1Br. The maximum atomic E-state index is 12.5. The Hall–Kier alpha value is 0.340. The van der Waals surface area contributed by atoms with Crippen LogP contribution in [0.2, 0.25) is 0 Å². The van der Waals surface area contributed by atoms with Crippen LogP contribution in [0, 0.1) is 0 Å². The highest BCUT2D eigenvalue weighted by Gasteiger charge is 2.32. The minimum absolute atomic E-state index is 0.0822. The summed E-state index contributed by atoms with van der Waals surface area (Å²) in [5.41, 5.74) is 0. The highest BCUT2D eigenvalue weighted by Crippen LogP contribution is 2.34. The van der Waals surface area contributed by atoms with Crippen molar-refractivity contribution in [2.75, 3.05) is 20.3 Å². The fourth-order valence-corrected chi connectivity index (χ4v) is 5.89. The molecule has 0 spiro atoms. The molecule has 1 unspecified atom stereocenters. The Morgan fingerprint density at radius 3 is 2.89 bits per heavy atom. The van der Waals surface area contributed by atoms with Gasteiger partial charge in [0.25, 0.3) is 0 Å². The van der Waals surface area contributed by atoms with Gasteiger partial charge in [-0.05, 0) is 28.4 Å². The monoisotopic (exact) mass is 373 g/mol. The Morgan fingerprint density at radius 1 is 1.67 bits per heavy atom. The molecule has 0 aromatic carbocycles. The molecule has 1 aromatic rings. The molecular formula is C10H13BrClNO3S2. The molecule has 0 N–H and O–H groups in total. The van der Waals surface area contributed by atoms with Gasteiger partial charge in [0.05, 0.1) is 22.3 Å². The summed E-state index contributed by atoms with van der Waals surface area (Å²) in [4.78, 5) is 1.12. The molecule has 1 aliphatic heterocycles. The molecule has 0 saturated carbocycles. The molecular weight excluding hydrogens is 362 g/mol. The van der Waals surface area contributed by atoms with Gasteiger partial charge in [-0.3, -0.25) is 0 Å². The van der Waals surface area contributed by atoms with Gasteiger partial charge in [0.1, 0.15) is 4.90 Å². The van der Waals surface area contributed by atoms with Crippen LogP contribution in [-0.4, -0.2) is 39.0 Å². The summed E-state index contributed by atoms with van der Waals surface area (Å²) in [5, 5.41) is 0. The lowest BCUT2D eigenvalue weighted by Crippen LogP contribution is -2.37. The van der Waals surface area contributed by atoms with E-state index in [1.54, 1.807) is 13.1 Å². The van der Waals surface area contributed by atoms with E-state index in [4.69, 9.17) is 16.3 Å². The largest absolute Gasteiger partial charge is 0.380 e. The Bertz CT molecular complexity index is 525. The fourth-order valence-electron chi connectivity index (χ4n) is 1.80. The maximum Gasteiger partial charge on any atom is 0.245 e. The third kappa shape index (κ3) is 2.76. The lowest BCUT2D eigenvalue weighted by Gasteiger charge is -2.22. The molecule has 1 saturated heterocycles. The van der Waals surface area contributed by atoms with Crippen molar-refractivity contribution in [1.29, 1.82) is 0 Å². The number of likely N-dealkylation sites (N-methyl/N-ethyl adjacent to an activating group) is 1. The van der Waals surface area contributed by atoms with Crippen molar-refractivity contribution in [2.45, 2.75) is 23.2 Å². The van der Waals surface area contributed by atoms with E-state index in [0.29, 0.717) is 22.9 Å². The van der Waals surface area contributed by atoms with Crippen molar-refractivity contribution in [1.82, 2.24) is 4.31 Å². The first-order chi connectivity index (χ1) is 8.46. The smallest absolute Gasteiger partial charge is 0.245 e. The Kier molecular flexibility index (Phi) is 4.72. The van der Waals surface area contributed by atoms with Crippen molar-refractivity contribution < 1.29 is 13.2 Å². The van der Waals surface area contributed by atoms with Crippen LogP contribution in [0.4, 0.5) is 0 Å². The summed E-state index contributed by atoms with van der Waals surface area (Å²) in [7, 11) is -1.89. The van der Waals surface area contributed by atoms with Crippen LogP contribution >= 0.6 is 38.9 Å². The number of halogens is 2. The van der Waals surface area contributed by atoms with Crippen molar-refractivity contribution >= 4 is 48.9 Å². The molecule has 18 heavy (non-hydrogen) atoms. The van der Waals surface area contributed by atoms with Gasteiger partial charge in [-0.1, -0.05) is 0 Å². The van der Waals surface area contributed by atoms with E-state index in [2.05, 4.69) is 15.9 Å². The van der Waals surface area contributed by atoms with Crippen LogP contribution < -0.4 is 0 Å². The number of hydrogen-bond donors (Lipinski definition) is 0. The molecule has 0 aliphatic carbocycles. The summed E-state index contributed by atoms with van der Waals surface area (Å²) in [6, 6.07) is 1.55. The van der Waals surface area contributed by atoms with E-state index in [9.17, 15) is 8.42 Å². The number of thiophene rings is 1. The van der Waals surface area contributed by atoms with Gasteiger partial charge < -0.3 is 4.74 Å². The summed E-state index contributed by atoms with van der Waals surface area (Å²) in [6.45, 7) is 1.07. The van der Waals surface area contributed by atoms with E-state index in [-0.39, 0.29) is 10.9 Å². The first-order valence-electron chi connectivity index (χ1n) is 5.36. The molecule has 0 amide bonds. The minimum Gasteiger partial charge on any atom is -0.380 e. The lowest BCUT2D eigenvalue weighted by molar-refractivity contribution is 0.181. The third-order valence-electron chi connectivity index (χ3n) is 2.92. The van der Waals surface area contributed by atoms with E-state index in [0.717, 1.165) is 11.3 Å². The quantitative estimate of drug-likeness (QED) is 0.761. The number of hydrogen-bond acceptors (Lipinski definition) is 4. The topological polar surface area (TPSA) is 46.6 Å². The zero-order valence-electron chi connectivity index (χ0n) is 9.73. The van der Waals surface area contributed by atoms with Crippen LogP contribution in [0.1, 0.15) is 11.3 Å². The number of alkyl halides is 1. The number of nitrogens with zero attached hydrogens (tertiary/aromatic N) is 1. The van der Waals surface area contributed by atoms with Gasteiger partial charge in [-0.15, -0.1) is 22.9 Å². The Balaban J connectivity index is 2.31. The zero-order chi connectivity index (χ0) is 13.3. The highest BCUT2D eigenvalue weighted by atomic mass is 79.9. The third-order valence-corrected chi connectivity index (χ3v) is 7.52. The van der Waals surface area contributed by atoms with Gasteiger partial charge >= 0.3 is 0 Å². The lowest BCUT2D eigenvalue weighted by atomic mass is 10.3. The van der Waals surface area contributed by atoms with Gasteiger partial charge in [0.2, 0.25) is 10.0 Å². The average molecular weight is 375 g/mol. The van der Waals surface area contributed by atoms with Crippen LogP contribution in [0.15, 0.2) is 14.7 Å². The summed E-state index contributed by atoms with van der Waals surface area (Å²) >= 11 is 10.4. The molecule has 8 heteroatoms. The van der Waals surface area contributed by atoms with Crippen molar-refractivity contribution in [3.05, 3.63) is 14.7 Å². The highest BCUT2D eigenvalue weighted by molar-refractivity contribution is 9.11. The van der Waals surface area contributed by atoms with E-state index < -0.39 is 10.0 Å². The molecule has 0 radical (unpaired) electrons. The second kappa shape index (κ2) is 5.76. The Labute approximate surface area is 124 Å². The second-order valence-electron chi connectivity index (χ2n) is 4.02. The predicted molar refractivity (Wildman–Crippen MR) is 75.7 cm³/mol. The summed E-state index contributed by atoms with van der Waals surface area (Å²) < 4.78 is 32.2. The molecule has 0 bridgehead atoms. The molecule has 2 heterocycles. The minimum atomic E-state index is -3.48. The van der Waals surface area contributed by atoms with E-state index in [1.807, 2.05) is 0 Å². The molecule has 4 nitrogen and oxygen atoms in total. The van der Waals surface area contributed by atoms with Crippen LogP contribution in [0.25, 0.3) is 0 Å². The number of sulfonamides is 1. The van der Waals surface area contributed by atoms with E-state index in [1.165, 1.54) is 15.6 Å². The first-order valence-corrected chi connectivity index (χ1v) is 8.95. The zero-order valence-corrected chi connectivity index (χ0v) is 13.7.